The molecule has 69 valence electrons. The molecule has 0 N–H and O–H groups in total. The molecule has 0 aliphatic carbocycles. The summed E-state index contributed by atoms with van der Waals surface area (Å²) in [6, 6.07) is 0. The molecule has 0 saturated heterocycles. The quantitative estimate of drug-likeness (QED) is 0.518. The fourth-order valence-corrected chi connectivity index (χ4v) is 0.589. The Hall–Kier alpha value is 0.584. The van der Waals surface area contributed by atoms with Crippen LogP contribution in [0.1, 0.15) is 40.5 Å². The number of allylic oxidation sites excluding steroid dienone is 3. The second kappa shape index (κ2) is 14.1. The topological polar surface area (TPSA) is 0 Å². The minimum atomic E-state index is 0. The van der Waals surface area contributed by atoms with Crippen molar-refractivity contribution in [3.05, 3.63) is 30.7 Å². The van der Waals surface area contributed by atoms with Crippen LogP contribution in [0, 0.1) is 13.5 Å². The van der Waals surface area contributed by atoms with E-state index in [0.29, 0.717) is 0 Å². The first kappa shape index (κ1) is 18.4. The first-order valence-electron chi connectivity index (χ1n) is 4.05. The monoisotopic (exact) mass is 241 g/mol. The maximum absolute atomic E-state index is 5.47. The normalized spacial score (nSPS) is 7.08. The van der Waals surface area contributed by atoms with E-state index in [2.05, 4.69) is 26.8 Å². The molecule has 0 saturated carbocycles. The smallest absolute Gasteiger partial charge is 0 e. The summed E-state index contributed by atoms with van der Waals surface area (Å²) in [5.41, 5.74) is 2.39. The Labute approximate surface area is 103 Å². The summed E-state index contributed by atoms with van der Waals surface area (Å²) in [6.45, 7) is 16.6. The minimum Gasteiger partial charge on any atom is -0.515 e. The van der Waals surface area contributed by atoms with E-state index in [1.54, 1.807) is 6.92 Å². The summed E-state index contributed by atoms with van der Waals surface area (Å²) < 4.78 is 0. The van der Waals surface area contributed by atoms with E-state index in [4.69, 9.17) is 6.58 Å². The molecular formula is C11H20Y-2. The summed E-state index contributed by atoms with van der Waals surface area (Å²) in [6.07, 6.45) is 4.31. The SMILES string of the molecule is [CH-]=C(C)CCC=C(C)C.[CH2-]C.[Y]. The summed E-state index contributed by atoms with van der Waals surface area (Å²) in [7, 11) is 0. The third-order valence-corrected chi connectivity index (χ3v) is 1.09. The first-order valence-corrected chi connectivity index (χ1v) is 4.05. The summed E-state index contributed by atoms with van der Waals surface area (Å²) in [5.74, 6) is 0. The molecule has 0 aliphatic rings. The van der Waals surface area contributed by atoms with Gasteiger partial charge in [-0.3, -0.25) is 5.57 Å². The Morgan fingerprint density at radius 2 is 1.67 bits per heavy atom. The van der Waals surface area contributed by atoms with Crippen LogP contribution in [-0.2, 0) is 32.7 Å². The number of rotatable bonds is 3. The van der Waals surface area contributed by atoms with E-state index >= 15 is 0 Å². The van der Waals surface area contributed by atoms with Crippen molar-refractivity contribution in [2.45, 2.75) is 40.5 Å². The van der Waals surface area contributed by atoms with Crippen LogP contribution < -0.4 is 0 Å². The van der Waals surface area contributed by atoms with Crippen LogP contribution in [0.25, 0.3) is 0 Å². The molecule has 12 heavy (non-hydrogen) atoms. The van der Waals surface area contributed by atoms with Crippen molar-refractivity contribution in [2.24, 2.45) is 0 Å². The summed E-state index contributed by atoms with van der Waals surface area (Å²) in [5, 5.41) is 0. The zero-order valence-electron chi connectivity index (χ0n) is 8.85. The van der Waals surface area contributed by atoms with Crippen LogP contribution in [-0.4, -0.2) is 0 Å². The van der Waals surface area contributed by atoms with Crippen molar-refractivity contribution < 1.29 is 32.7 Å². The van der Waals surface area contributed by atoms with E-state index in [1.165, 1.54) is 5.57 Å². The Morgan fingerprint density at radius 1 is 1.25 bits per heavy atom. The third-order valence-electron chi connectivity index (χ3n) is 1.09. The fraction of sp³-hybridized carbons (Fsp3) is 0.545. The molecule has 0 aromatic heterocycles. The van der Waals surface area contributed by atoms with Gasteiger partial charge in [-0.1, -0.05) is 25.0 Å². The van der Waals surface area contributed by atoms with Crippen molar-refractivity contribution in [1.29, 1.82) is 0 Å². The van der Waals surface area contributed by atoms with Crippen molar-refractivity contribution in [3.8, 4) is 0 Å². The van der Waals surface area contributed by atoms with Crippen molar-refractivity contribution in [1.82, 2.24) is 0 Å². The Kier molecular flexibility index (Phi) is 21.6. The van der Waals surface area contributed by atoms with E-state index < -0.39 is 0 Å². The fourth-order valence-electron chi connectivity index (χ4n) is 0.589. The maximum atomic E-state index is 5.47. The molecule has 1 heteroatoms. The summed E-state index contributed by atoms with van der Waals surface area (Å²) >= 11 is 0. The zero-order chi connectivity index (χ0) is 9.28. The van der Waals surface area contributed by atoms with E-state index in [0.717, 1.165) is 18.4 Å². The van der Waals surface area contributed by atoms with Gasteiger partial charge in [-0.15, -0.1) is 0 Å². The van der Waals surface area contributed by atoms with Crippen LogP contribution in [0.4, 0.5) is 0 Å². The molecule has 0 fully saturated rings. The van der Waals surface area contributed by atoms with E-state index in [-0.39, 0.29) is 32.7 Å². The predicted octanol–water partition coefficient (Wildman–Crippen LogP) is 3.95. The van der Waals surface area contributed by atoms with Gasteiger partial charge in [0.25, 0.3) is 0 Å². The average molecular weight is 241 g/mol. The molecule has 0 atom stereocenters. The first-order chi connectivity index (χ1) is 5.13. The van der Waals surface area contributed by atoms with E-state index in [1.807, 2.05) is 6.92 Å². The van der Waals surface area contributed by atoms with Crippen LogP contribution in [0.15, 0.2) is 17.2 Å². The molecule has 0 aromatic rings. The molecule has 0 bridgehead atoms. The van der Waals surface area contributed by atoms with Crippen LogP contribution in [0.2, 0.25) is 0 Å². The molecule has 0 rings (SSSR count). The maximum Gasteiger partial charge on any atom is 0 e. The molecule has 0 heterocycles. The van der Waals surface area contributed by atoms with Crippen molar-refractivity contribution in [2.75, 3.05) is 0 Å². The summed E-state index contributed by atoms with van der Waals surface area (Å²) in [4.78, 5) is 0. The standard InChI is InChI=1S/C9H15.C2H5.Y/c1-8(2)6-5-7-9(3)4;1-2;/h1,7H,5-6H2,2-4H3;1H2,2H3;/q2*-1;. The van der Waals surface area contributed by atoms with Crippen LogP contribution >= 0.6 is 0 Å². The van der Waals surface area contributed by atoms with Gasteiger partial charge in [0.15, 0.2) is 0 Å². The largest absolute Gasteiger partial charge is 0.515 e. The van der Waals surface area contributed by atoms with Gasteiger partial charge in [0.2, 0.25) is 0 Å². The molecule has 0 nitrogen and oxygen atoms in total. The van der Waals surface area contributed by atoms with Gasteiger partial charge in [-0.25, -0.2) is 0 Å². The van der Waals surface area contributed by atoms with Gasteiger partial charge in [0, 0.05) is 32.7 Å². The van der Waals surface area contributed by atoms with Gasteiger partial charge in [0.1, 0.15) is 0 Å². The van der Waals surface area contributed by atoms with Crippen LogP contribution in [0.3, 0.4) is 0 Å². The minimum absolute atomic E-state index is 0. The molecule has 0 aliphatic heterocycles. The molecular weight excluding hydrogens is 221 g/mol. The number of hydrogen-bond acceptors (Lipinski definition) is 0. The van der Waals surface area contributed by atoms with Crippen molar-refractivity contribution in [3.63, 3.8) is 0 Å². The third kappa shape index (κ3) is 22.4. The van der Waals surface area contributed by atoms with Gasteiger partial charge in [-0.05, 0) is 20.3 Å². The second-order valence-electron chi connectivity index (χ2n) is 2.67. The number of hydrogen-bond donors (Lipinski definition) is 0. The second-order valence-corrected chi connectivity index (χ2v) is 2.67. The van der Waals surface area contributed by atoms with Gasteiger partial charge < -0.3 is 13.5 Å². The molecule has 0 aromatic carbocycles. The van der Waals surface area contributed by atoms with Gasteiger partial charge >= 0.3 is 0 Å². The Balaban J connectivity index is -0.000000249. The Bertz CT molecular complexity index is 119. The molecule has 0 amide bonds. The molecule has 0 spiro atoms. The van der Waals surface area contributed by atoms with Crippen molar-refractivity contribution >= 4 is 0 Å². The van der Waals surface area contributed by atoms with Gasteiger partial charge in [-0.2, -0.15) is 6.92 Å². The van der Waals surface area contributed by atoms with Gasteiger partial charge in [0.05, 0.1) is 0 Å². The average Bonchev–Trinajstić information content (AvgIpc) is 1.90. The zero-order valence-corrected chi connectivity index (χ0v) is 11.7. The molecule has 0 unspecified atom stereocenters. The Morgan fingerprint density at radius 3 is 1.92 bits per heavy atom. The van der Waals surface area contributed by atoms with E-state index in [9.17, 15) is 0 Å². The van der Waals surface area contributed by atoms with Crippen LogP contribution in [0.5, 0.6) is 0 Å². The predicted molar refractivity (Wildman–Crippen MR) is 53.2 cm³/mol. The molecule has 1 radical (unpaired) electrons.